The van der Waals surface area contributed by atoms with Crippen molar-refractivity contribution >= 4 is 21.7 Å². The van der Waals surface area contributed by atoms with Gasteiger partial charge in [-0.3, -0.25) is 0 Å². The molecular formula is C9H14BrN3O. The number of ether oxygens (including phenoxy) is 1. The van der Waals surface area contributed by atoms with Crippen LogP contribution < -0.4 is 10.5 Å². The monoisotopic (exact) mass is 259 g/mol. The van der Waals surface area contributed by atoms with Gasteiger partial charge >= 0.3 is 0 Å². The number of nitrogens with two attached hydrogens (primary N) is 1. The highest BCUT2D eigenvalue weighted by atomic mass is 79.9. The Balaban J connectivity index is 2.71. The van der Waals surface area contributed by atoms with E-state index in [-0.39, 0.29) is 6.10 Å². The molecule has 14 heavy (non-hydrogen) atoms. The second-order valence-electron chi connectivity index (χ2n) is 3.10. The molecule has 1 aromatic rings. The Morgan fingerprint density at radius 2 is 2.29 bits per heavy atom. The zero-order valence-electron chi connectivity index (χ0n) is 8.33. The van der Waals surface area contributed by atoms with E-state index >= 15 is 0 Å². The molecule has 0 aliphatic heterocycles. The molecule has 0 saturated carbocycles. The van der Waals surface area contributed by atoms with Crippen LogP contribution in [0.5, 0.6) is 5.88 Å². The summed E-state index contributed by atoms with van der Waals surface area (Å²) in [5.74, 6) is 0.914. The number of anilines is 1. The molecule has 78 valence electrons. The maximum atomic E-state index is 5.59. The first-order valence-corrected chi connectivity index (χ1v) is 5.37. The Labute approximate surface area is 92.0 Å². The van der Waals surface area contributed by atoms with Gasteiger partial charge in [0.1, 0.15) is 16.6 Å². The SMILES string of the molecule is CCCC(C)Oc1ncnc(N)c1Br. The quantitative estimate of drug-likeness (QED) is 0.902. The molecule has 0 spiro atoms. The number of nitrogen functional groups attached to an aromatic ring is 1. The van der Waals surface area contributed by atoms with Crippen LogP contribution >= 0.6 is 15.9 Å². The van der Waals surface area contributed by atoms with Crippen LogP contribution in [0.2, 0.25) is 0 Å². The van der Waals surface area contributed by atoms with E-state index in [0.29, 0.717) is 16.2 Å². The molecule has 1 unspecified atom stereocenters. The van der Waals surface area contributed by atoms with Crippen molar-refractivity contribution in [2.24, 2.45) is 0 Å². The van der Waals surface area contributed by atoms with Gasteiger partial charge in [0.05, 0.1) is 6.10 Å². The van der Waals surface area contributed by atoms with Crippen LogP contribution in [-0.4, -0.2) is 16.1 Å². The Kier molecular flexibility index (Phi) is 4.13. The van der Waals surface area contributed by atoms with Gasteiger partial charge in [0, 0.05) is 0 Å². The summed E-state index contributed by atoms with van der Waals surface area (Å²) in [7, 11) is 0. The number of hydrogen-bond acceptors (Lipinski definition) is 4. The third-order valence-corrected chi connectivity index (χ3v) is 2.54. The van der Waals surface area contributed by atoms with Crippen molar-refractivity contribution < 1.29 is 4.74 Å². The minimum absolute atomic E-state index is 0.144. The fourth-order valence-electron chi connectivity index (χ4n) is 1.10. The first-order chi connectivity index (χ1) is 6.65. The Morgan fingerprint density at radius 1 is 1.57 bits per heavy atom. The topological polar surface area (TPSA) is 61.0 Å². The van der Waals surface area contributed by atoms with E-state index in [4.69, 9.17) is 10.5 Å². The molecule has 1 aromatic heterocycles. The van der Waals surface area contributed by atoms with Crippen LogP contribution in [0, 0.1) is 0 Å². The highest BCUT2D eigenvalue weighted by Gasteiger charge is 2.10. The minimum atomic E-state index is 0.144. The number of nitrogens with zero attached hydrogens (tertiary/aromatic N) is 2. The number of rotatable bonds is 4. The van der Waals surface area contributed by atoms with Crippen molar-refractivity contribution in [3.05, 3.63) is 10.8 Å². The lowest BCUT2D eigenvalue weighted by Gasteiger charge is -2.13. The van der Waals surface area contributed by atoms with E-state index in [1.165, 1.54) is 6.33 Å². The third kappa shape index (κ3) is 2.83. The van der Waals surface area contributed by atoms with Crippen molar-refractivity contribution in [1.29, 1.82) is 0 Å². The Bertz CT molecular complexity index is 306. The van der Waals surface area contributed by atoms with Crippen molar-refractivity contribution in [2.75, 3.05) is 5.73 Å². The van der Waals surface area contributed by atoms with E-state index in [1.807, 2.05) is 6.92 Å². The molecule has 0 amide bonds. The molecule has 2 N–H and O–H groups in total. The molecule has 4 nitrogen and oxygen atoms in total. The van der Waals surface area contributed by atoms with Crippen molar-refractivity contribution in [1.82, 2.24) is 9.97 Å². The number of halogens is 1. The van der Waals surface area contributed by atoms with Gasteiger partial charge < -0.3 is 10.5 Å². The van der Waals surface area contributed by atoms with E-state index in [9.17, 15) is 0 Å². The predicted octanol–water partition coefficient (Wildman–Crippen LogP) is 2.39. The Morgan fingerprint density at radius 3 is 2.93 bits per heavy atom. The van der Waals surface area contributed by atoms with Gasteiger partial charge in [-0.25, -0.2) is 9.97 Å². The zero-order valence-corrected chi connectivity index (χ0v) is 9.91. The van der Waals surface area contributed by atoms with Gasteiger partial charge in [-0.1, -0.05) is 13.3 Å². The normalized spacial score (nSPS) is 12.5. The summed E-state index contributed by atoms with van der Waals surface area (Å²) < 4.78 is 6.22. The van der Waals surface area contributed by atoms with Gasteiger partial charge in [0.2, 0.25) is 5.88 Å². The van der Waals surface area contributed by atoms with Crippen molar-refractivity contribution in [2.45, 2.75) is 32.8 Å². The van der Waals surface area contributed by atoms with Gasteiger partial charge in [0.25, 0.3) is 0 Å². The maximum Gasteiger partial charge on any atom is 0.233 e. The lowest BCUT2D eigenvalue weighted by molar-refractivity contribution is 0.200. The summed E-state index contributed by atoms with van der Waals surface area (Å²) in [6.45, 7) is 4.12. The van der Waals surface area contributed by atoms with Crippen LogP contribution in [-0.2, 0) is 0 Å². The highest BCUT2D eigenvalue weighted by Crippen LogP contribution is 2.27. The second kappa shape index (κ2) is 5.14. The average molecular weight is 260 g/mol. The first kappa shape index (κ1) is 11.2. The fourth-order valence-corrected chi connectivity index (χ4v) is 1.40. The first-order valence-electron chi connectivity index (χ1n) is 4.57. The van der Waals surface area contributed by atoms with Gasteiger partial charge in [-0.05, 0) is 29.3 Å². The minimum Gasteiger partial charge on any atom is -0.474 e. The highest BCUT2D eigenvalue weighted by molar-refractivity contribution is 9.10. The summed E-state index contributed by atoms with van der Waals surface area (Å²) in [4.78, 5) is 7.83. The molecule has 0 saturated heterocycles. The van der Waals surface area contributed by atoms with Crippen LogP contribution in [0.3, 0.4) is 0 Å². The molecule has 0 aliphatic rings. The van der Waals surface area contributed by atoms with Crippen LogP contribution in [0.25, 0.3) is 0 Å². The summed E-state index contributed by atoms with van der Waals surface area (Å²) >= 11 is 3.28. The fraction of sp³-hybridized carbons (Fsp3) is 0.556. The number of aromatic nitrogens is 2. The van der Waals surface area contributed by atoms with Gasteiger partial charge in [-0.15, -0.1) is 0 Å². The number of hydrogen-bond donors (Lipinski definition) is 1. The molecule has 0 aromatic carbocycles. The molecule has 5 heteroatoms. The van der Waals surface area contributed by atoms with Gasteiger partial charge in [0.15, 0.2) is 0 Å². The standard InChI is InChI=1S/C9H14BrN3O/c1-3-4-6(2)14-9-7(10)8(11)12-5-13-9/h5-6H,3-4H2,1-2H3,(H2,11,12,13). The van der Waals surface area contributed by atoms with E-state index in [1.54, 1.807) is 0 Å². The molecule has 1 heterocycles. The maximum absolute atomic E-state index is 5.59. The summed E-state index contributed by atoms with van der Waals surface area (Å²) in [5, 5.41) is 0. The lowest BCUT2D eigenvalue weighted by atomic mass is 10.2. The van der Waals surface area contributed by atoms with Crippen molar-refractivity contribution in [3.63, 3.8) is 0 Å². The largest absolute Gasteiger partial charge is 0.474 e. The summed E-state index contributed by atoms with van der Waals surface area (Å²) in [5.41, 5.74) is 5.59. The second-order valence-corrected chi connectivity index (χ2v) is 3.89. The summed E-state index contributed by atoms with van der Waals surface area (Å²) in [6, 6.07) is 0. The smallest absolute Gasteiger partial charge is 0.233 e. The van der Waals surface area contributed by atoms with Gasteiger partial charge in [-0.2, -0.15) is 0 Å². The Hall–Kier alpha value is -0.840. The molecule has 1 atom stereocenters. The average Bonchev–Trinajstić information content (AvgIpc) is 2.13. The van der Waals surface area contributed by atoms with Crippen LogP contribution in [0.15, 0.2) is 10.8 Å². The molecule has 0 radical (unpaired) electrons. The predicted molar refractivity (Wildman–Crippen MR) is 59.1 cm³/mol. The van der Waals surface area contributed by atoms with Crippen LogP contribution in [0.4, 0.5) is 5.82 Å². The molecule has 0 bridgehead atoms. The molecule has 0 aliphatic carbocycles. The van der Waals surface area contributed by atoms with Crippen LogP contribution in [0.1, 0.15) is 26.7 Å². The van der Waals surface area contributed by atoms with Crippen molar-refractivity contribution in [3.8, 4) is 5.88 Å². The lowest BCUT2D eigenvalue weighted by Crippen LogP contribution is -2.13. The van der Waals surface area contributed by atoms with E-state index in [0.717, 1.165) is 12.8 Å². The molecular weight excluding hydrogens is 246 g/mol. The summed E-state index contributed by atoms with van der Waals surface area (Å²) in [6.07, 6.45) is 3.62. The van der Waals surface area contributed by atoms with E-state index in [2.05, 4.69) is 32.8 Å². The molecule has 0 fully saturated rings. The third-order valence-electron chi connectivity index (χ3n) is 1.79. The molecule has 1 rings (SSSR count). The zero-order chi connectivity index (χ0) is 10.6. The van der Waals surface area contributed by atoms with E-state index < -0.39 is 0 Å².